The van der Waals surface area contributed by atoms with Gasteiger partial charge in [-0.2, -0.15) is 8.42 Å². The zero-order chi connectivity index (χ0) is 16.5. The van der Waals surface area contributed by atoms with Crippen molar-refractivity contribution in [3.63, 3.8) is 0 Å². The van der Waals surface area contributed by atoms with Crippen LogP contribution in [0.15, 0.2) is 41.3 Å². The molecule has 0 heterocycles. The topological polar surface area (TPSA) is 86.5 Å². The van der Waals surface area contributed by atoms with Crippen molar-refractivity contribution in [3.05, 3.63) is 59.4 Å². The highest BCUT2D eigenvalue weighted by Crippen LogP contribution is 2.25. The number of amides is 1. The molecule has 0 unspecified atom stereocenters. The summed E-state index contributed by atoms with van der Waals surface area (Å²) in [6.45, 7) is 0. The van der Waals surface area contributed by atoms with E-state index in [0.717, 1.165) is 6.07 Å². The number of benzene rings is 2. The van der Waals surface area contributed by atoms with E-state index in [1.807, 2.05) is 0 Å². The SMILES string of the molecule is NC(=O)c1ccccc1OS(=O)(=O)c1cc(F)c(F)cc1F. The maximum atomic E-state index is 13.5. The zero-order valence-corrected chi connectivity index (χ0v) is 11.5. The first-order chi connectivity index (χ1) is 10.2. The molecule has 2 aromatic carbocycles. The average molecular weight is 331 g/mol. The van der Waals surface area contributed by atoms with Gasteiger partial charge >= 0.3 is 10.1 Å². The fourth-order valence-electron chi connectivity index (χ4n) is 1.60. The molecule has 2 aromatic rings. The number of hydrogen-bond donors (Lipinski definition) is 1. The van der Waals surface area contributed by atoms with Crippen LogP contribution in [0.3, 0.4) is 0 Å². The molecule has 0 bridgehead atoms. The van der Waals surface area contributed by atoms with Crippen LogP contribution < -0.4 is 9.92 Å². The highest BCUT2D eigenvalue weighted by molar-refractivity contribution is 7.87. The van der Waals surface area contributed by atoms with Crippen LogP contribution >= 0.6 is 0 Å². The van der Waals surface area contributed by atoms with Gasteiger partial charge in [-0.05, 0) is 12.1 Å². The first-order valence-corrected chi connectivity index (χ1v) is 7.11. The lowest BCUT2D eigenvalue weighted by molar-refractivity contribution is 0.0999. The highest BCUT2D eigenvalue weighted by Gasteiger charge is 2.25. The summed E-state index contributed by atoms with van der Waals surface area (Å²) in [7, 11) is -4.83. The van der Waals surface area contributed by atoms with E-state index in [-0.39, 0.29) is 17.7 Å². The monoisotopic (exact) mass is 331 g/mol. The van der Waals surface area contributed by atoms with Gasteiger partial charge in [-0.1, -0.05) is 12.1 Å². The molecule has 0 radical (unpaired) electrons. The third-order valence-electron chi connectivity index (χ3n) is 2.60. The Morgan fingerprint density at radius 2 is 1.59 bits per heavy atom. The minimum Gasteiger partial charge on any atom is -0.378 e. The van der Waals surface area contributed by atoms with Crippen molar-refractivity contribution in [1.82, 2.24) is 0 Å². The summed E-state index contributed by atoms with van der Waals surface area (Å²) in [5.74, 6) is -6.08. The molecular weight excluding hydrogens is 323 g/mol. The van der Waals surface area contributed by atoms with Crippen LogP contribution in [0.25, 0.3) is 0 Å². The molecule has 0 aliphatic rings. The van der Waals surface area contributed by atoms with Gasteiger partial charge in [0, 0.05) is 12.1 Å². The Morgan fingerprint density at radius 1 is 1.00 bits per heavy atom. The molecule has 0 saturated carbocycles. The van der Waals surface area contributed by atoms with Crippen LogP contribution in [0, 0.1) is 17.5 Å². The summed E-state index contributed by atoms with van der Waals surface area (Å²) >= 11 is 0. The van der Waals surface area contributed by atoms with E-state index in [1.54, 1.807) is 0 Å². The fraction of sp³-hybridized carbons (Fsp3) is 0. The van der Waals surface area contributed by atoms with Crippen molar-refractivity contribution in [3.8, 4) is 5.75 Å². The second-order valence-electron chi connectivity index (χ2n) is 4.09. The number of carbonyl (C=O) groups is 1. The number of rotatable bonds is 4. The molecule has 0 aliphatic carbocycles. The predicted octanol–water partition coefficient (Wildman–Crippen LogP) is 1.97. The Labute approximate surface area is 123 Å². The summed E-state index contributed by atoms with van der Waals surface area (Å²) in [6, 6.07) is 5.26. The maximum absolute atomic E-state index is 13.5. The summed E-state index contributed by atoms with van der Waals surface area (Å²) in [5.41, 5.74) is 4.78. The second kappa shape index (κ2) is 5.68. The molecule has 22 heavy (non-hydrogen) atoms. The normalized spacial score (nSPS) is 11.2. The number of para-hydroxylation sites is 1. The van der Waals surface area contributed by atoms with Gasteiger partial charge in [-0.3, -0.25) is 4.79 Å². The largest absolute Gasteiger partial charge is 0.378 e. The van der Waals surface area contributed by atoms with Gasteiger partial charge in [-0.25, -0.2) is 13.2 Å². The standard InChI is InChI=1S/C13H8F3NO4S/c14-8-5-10(16)12(6-9(8)15)22(19,20)21-11-4-2-1-3-7(11)13(17)18/h1-6H,(H2,17,18). The molecule has 0 fully saturated rings. The van der Waals surface area contributed by atoms with Crippen molar-refractivity contribution in [2.75, 3.05) is 0 Å². The van der Waals surface area contributed by atoms with E-state index in [9.17, 15) is 26.4 Å². The Hall–Kier alpha value is -2.55. The lowest BCUT2D eigenvalue weighted by atomic mass is 10.2. The van der Waals surface area contributed by atoms with E-state index < -0.39 is 44.1 Å². The molecule has 0 aliphatic heterocycles. The van der Waals surface area contributed by atoms with Gasteiger partial charge in [0.05, 0.1) is 5.56 Å². The van der Waals surface area contributed by atoms with E-state index >= 15 is 0 Å². The average Bonchev–Trinajstić information content (AvgIpc) is 2.42. The Kier molecular flexibility index (Phi) is 4.09. The Balaban J connectivity index is 2.50. The highest BCUT2D eigenvalue weighted by atomic mass is 32.2. The van der Waals surface area contributed by atoms with Crippen molar-refractivity contribution in [2.24, 2.45) is 5.73 Å². The maximum Gasteiger partial charge on any atom is 0.342 e. The van der Waals surface area contributed by atoms with Crippen molar-refractivity contribution >= 4 is 16.0 Å². The number of primary amides is 1. The third-order valence-corrected chi connectivity index (χ3v) is 3.85. The summed E-state index contributed by atoms with van der Waals surface area (Å²) in [4.78, 5) is 9.97. The summed E-state index contributed by atoms with van der Waals surface area (Å²) in [6.07, 6.45) is 0. The van der Waals surface area contributed by atoms with Crippen LogP contribution in [-0.2, 0) is 10.1 Å². The molecule has 0 aromatic heterocycles. The summed E-state index contributed by atoms with van der Waals surface area (Å²) in [5, 5.41) is 0. The number of nitrogens with two attached hydrogens (primary N) is 1. The van der Waals surface area contributed by atoms with Crippen LogP contribution in [0.1, 0.15) is 10.4 Å². The molecule has 116 valence electrons. The summed E-state index contributed by atoms with van der Waals surface area (Å²) < 4.78 is 68.0. The molecular formula is C13H8F3NO4S. The van der Waals surface area contributed by atoms with Crippen LogP contribution in [0.5, 0.6) is 5.75 Å². The molecule has 5 nitrogen and oxygen atoms in total. The smallest absolute Gasteiger partial charge is 0.342 e. The zero-order valence-electron chi connectivity index (χ0n) is 10.7. The quantitative estimate of drug-likeness (QED) is 0.685. The van der Waals surface area contributed by atoms with Crippen molar-refractivity contribution < 1.29 is 30.6 Å². The minimum atomic E-state index is -4.83. The molecule has 2 rings (SSSR count). The molecule has 0 spiro atoms. The third kappa shape index (κ3) is 3.03. The predicted molar refractivity (Wildman–Crippen MR) is 69.1 cm³/mol. The van der Waals surface area contributed by atoms with Crippen molar-refractivity contribution in [1.29, 1.82) is 0 Å². The van der Waals surface area contributed by atoms with Crippen molar-refractivity contribution in [2.45, 2.75) is 4.90 Å². The fourth-order valence-corrected chi connectivity index (χ4v) is 2.62. The molecule has 0 atom stereocenters. The number of halogens is 3. The Bertz CT molecular complexity index is 852. The van der Waals surface area contributed by atoms with E-state index in [4.69, 9.17) is 5.73 Å². The molecule has 0 saturated heterocycles. The molecule has 2 N–H and O–H groups in total. The van der Waals surface area contributed by atoms with Crippen LogP contribution in [-0.4, -0.2) is 14.3 Å². The molecule has 1 amide bonds. The van der Waals surface area contributed by atoms with Gasteiger partial charge in [-0.15, -0.1) is 0 Å². The van der Waals surface area contributed by atoms with Gasteiger partial charge in [0.1, 0.15) is 10.7 Å². The lowest BCUT2D eigenvalue weighted by Crippen LogP contribution is -2.17. The van der Waals surface area contributed by atoms with Gasteiger partial charge in [0.2, 0.25) is 0 Å². The first kappa shape index (κ1) is 15.8. The van der Waals surface area contributed by atoms with E-state index in [2.05, 4.69) is 4.18 Å². The van der Waals surface area contributed by atoms with Gasteiger partial charge < -0.3 is 9.92 Å². The first-order valence-electron chi connectivity index (χ1n) is 5.70. The van der Waals surface area contributed by atoms with Gasteiger partial charge in [0.25, 0.3) is 5.91 Å². The molecule has 9 heteroatoms. The Morgan fingerprint density at radius 3 is 2.23 bits per heavy atom. The minimum absolute atomic E-state index is 0.0750. The van der Waals surface area contributed by atoms with Crippen LogP contribution in [0.4, 0.5) is 13.2 Å². The van der Waals surface area contributed by atoms with E-state index in [0.29, 0.717) is 0 Å². The van der Waals surface area contributed by atoms with Gasteiger partial charge in [0.15, 0.2) is 17.4 Å². The van der Waals surface area contributed by atoms with E-state index in [1.165, 1.54) is 18.2 Å². The number of carbonyl (C=O) groups excluding carboxylic acids is 1. The number of hydrogen-bond acceptors (Lipinski definition) is 4. The lowest BCUT2D eigenvalue weighted by Gasteiger charge is -2.10. The second-order valence-corrected chi connectivity index (χ2v) is 5.61. The van der Waals surface area contributed by atoms with Crippen LogP contribution in [0.2, 0.25) is 0 Å².